The van der Waals surface area contributed by atoms with Crippen molar-refractivity contribution in [3.05, 3.63) is 0 Å². The minimum atomic E-state index is -2.36. The summed E-state index contributed by atoms with van der Waals surface area (Å²) in [5.74, 6) is 0. The highest BCUT2D eigenvalue weighted by atomic mass is 32.2. The molecule has 0 heterocycles. The van der Waals surface area contributed by atoms with E-state index >= 15 is 0 Å². The summed E-state index contributed by atoms with van der Waals surface area (Å²) >= 11 is -2.36. The Balaban J connectivity index is 3.39. The Kier molecular flexibility index (Phi) is 3.32. The van der Waals surface area contributed by atoms with Crippen molar-refractivity contribution in [3.8, 4) is 0 Å². The maximum absolute atomic E-state index is 9.82. The van der Waals surface area contributed by atoms with E-state index in [1.54, 1.807) is 0 Å². The number of hydrogen-bond acceptors (Lipinski definition) is 3. The van der Waals surface area contributed by atoms with Crippen molar-refractivity contribution < 1.29 is 12.9 Å². The molecule has 0 N–H and O–H groups in total. The van der Waals surface area contributed by atoms with Crippen LogP contribution < -0.4 is 0 Å². The SMILES string of the molecule is CC(C)(C)COS(=O)[O-]. The number of rotatable bonds is 2. The minimum Gasteiger partial charge on any atom is -0.750 e. The van der Waals surface area contributed by atoms with E-state index in [-0.39, 0.29) is 12.0 Å². The van der Waals surface area contributed by atoms with Crippen LogP contribution in [-0.2, 0) is 15.5 Å². The Bertz CT molecular complexity index is 105. The lowest BCUT2D eigenvalue weighted by atomic mass is 9.99. The monoisotopic (exact) mass is 151 g/mol. The Hall–Kier alpha value is 0.0700. The molecule has 0 spiro atoms. The summed E-state index contributed by atoms with van der Waals surface area (Å²) in [4.78, 5) is 0. The normalized spacial score (nSPS) is 15.6. The van der Waals surface area contributed by atoms with Crippen molar-refractivity contribution in [2.45, 2.75) is 20.8 Å². The van der Waals surface area contributed by atoms with Gasteiger partial charge in [0.25, 0.3) is 0 Å². The van der Waals surface area contributed by atoms with E-state index in [1.165, 1.54) is 0 Å². The predicted octanol–water partition coefficient (Wildman–Crippen LogP) is 0.843. The van der Waals surface area contributed by atoms with Crippen LogP contribution in [0.1, 0.15) is 20.8 Å². The van der Waals surface area contributed by atoms with Crippen molar-refractivity contribution in [2.75, 3.05) is 6.61 Å². The van der Waals surface area contributed by atoms with Gasteiger partial charge < -0.3 is 8.74 Å². The van der Waals surface area contributed by atoms with Gasteiger partial charge in [-0.1, -0.05) is 20.8 Å². The van der Waals surface area contributed by atoms with Crippen molar-refractivity contribution in [1.82, 2.24) is 0 Å². The molecule has 1 atom stereocenters. The van der Waals surface area contributed by atoms with Gasteiger partial charge in [-0.25, -0.2) is 4.21 Å². The molecule has 0 aliphatic heterocycles. The molecule has 0 saturated heterocycles. The molecule has 0 fully saturated rings. The van der Waals surface area contributed by atoms with Gasteiger partial charge in [0.15, 0.2) is 0 Å². The summed E-state index contributed by atoms with van der Waals surface area (Å²) < 4.78 is 24.0. The van der Waals surface area contributed by atoms with Crippen LogP contribution in [0, 0.1) is 5.41 Å². The van der Waals surface area contributed by atoms with Crippen molar-refractivity contribution >= 4 is 11.4 Å². The van der Waals surface area contributed by atoms with Crippen LogP contribution in [0.2, 0.25) is 0 Å². The molecule has 0 rings (SSSR count). The third-order valence-electron chi connectivity index (χ3n) is 0.588. The Labute approximate surface area is 57.9 Å². The average molecular weight is 151 g/mol. The highest BCUT2D eigenvalue weighted by molar-refractivity contribution is 7.74. The maximum Gasteiger partial charge on any atom is 0.0842 e. The first-order valence-corrected chi connectivity index (χ1v) is 3.64. The van der Waals surface area contributed by atoms with Gasteiger partial charge in [0.2, 0.25) is 0 Å². The van der Waals surface area contributed by atoms with Crippen LogP contribution in [0.15, 0.2) is 0 Å². The molecule has 0 aromatic carbocycles. The van der Waals surface area contributed by atoms with Gasteiger partial charge in [-0.15, -0.1) is 0 Å². The van der Waals surface area contributed by atoms with Gasteiger partial charge in [0.05, 0.1) is 18.0 Å². The molecule has 0 radical (unpaired) electrons. The van der Waals surface area contributed by atoms with Crippen LogP contribution in [0.5, 0.6) is 0 Å². The fraction of sp³-hybridized carbons (Fsp3) is 1.00. The lowest BCUT2D eigenvalue weighted by Crippen LogP contribution is -2.15. The van der Waals surface area contributed by atoms with E-state index < -0.39 is 11.4 Å². The summed E-state index contributed by atoms with van der Waals surface area (Å²) in [5.41, 5.74) is -0.0833. The minimum absolute atomic E-state index is 0.0833. The molecule has 0 amide bonds. The van der Waals surface area contributed by atoms with Crippen LogP contribution in [0.25, 0.3) is 0 Å². The summed E-state index contributed by atoms with van der Waals surface area (Å²) in [6, 6.07) is 0. The first-order valence-electron chi connectivity index (χ1n) is 2.64. The first-order chi connectivity index (χ1) is 3.92. The summed E-state index contributed by atoms with van der Waals surface area (Å²) in [6.45, 7) is 5.95. The molecule has 4 heteroatoms. The summed E-state index contributed by atoms with van der Waals surface area (Å²) in [5, 5.41) is 0. The number of hydrogen-bond donors (Lipinski definition) is 0. The van der Waals surface area contributed by atoms with Crippen molar-refractivity contribution in [1.29, 1.82) is 0 Å². The van der Waals surface area contributed by atoms with E-state index in [0.717, 1.165) is 0 Å². The van der Waals surface area contributed by atoms with Gasteiger partial charge in [0.1, 0.15) is 0 Å². The van der Waals surface area contributed by atoms with E-state index in [9.17, 15) is 8.76 Å². The quantitative estimate of drug-likeness (QED) is 0.549. The molecule has 0 saturated carbocycles. The largest absolute Gasteiger partial charge is 0.750 e. The zero-order valence-electron chi connectivity index (χ0n) is 5.84. The van der Waals surface area contributed by atoms with Gasteiger partial charge >= 0.3 is 0 Å². The summed E-state index contributed by atoms with van der Waals surface area (Å²) in [7, 11) is 0. The lowest BCUT2D eigenvalue weighted by Gasteiger charge is -2.17. The summed E-state index contributed by atoms with van der Waals surface area (Å²) in [6.07, 6.45) is 0. The van der Waals surface area contributed by atoms with E-state index in [0.29, 0.717) is 0 Å². The Morgan fingerprint density at radius 3 is 2.11 bits per heavy atom. The van der Waals surface area contributed by atoms with E-state index in [2.05, 4.69) is 4.18 Å². The Morgan fingerprint density at radius 2 is 2.00 bits per heavy atom. The fourth-order valence-corrected chi connectivity index (χ4v) is 0.675. The zero-order chi connectivity index (χ0) is 7.49. The van der Waals surface area contributed by atoms with E-state index in [1.807, 2.05) is 20.8 Å². The third-order valence-corrected chi connectivity index (χ3v) is 0.898. The highest BCUT2D eigenvalue weighted by Crippen LogP contribution is 2.12. The molecule has 0 aromatic rings. The second-order valence-electron chi connectivity index (χ2n) is 3.03. The van der Waals surface area contributed by atoms with Gasteiger partial charge in [-0.05, 0) is 5.41 Å². The molecule has 1 unspecified atom stereocenters. The van der Waals surface area contributed by atoms with Gasteiger partial charge in [-0.2, -0.15) is 0 Å². The second kappa shape index (κ2) is 3.29. The molecule has 0 aliphatic carbocycles. The molecule has 9 heavy (non-hydrogen) atoms. The first kappa shape index (κ1) is 9.07. The zero-order valence-corrected chi connectivity index (χ0v) is 6.66. The van der Waals surface area contributed by atoms with E-state index in [4.69, 9.17) is 0 Å². The molecule has 3 nitrogen and oxygen atoms in total. The van der Waals surface area contributed by atoms with Gasteiger partial charge in [0, 0.05) is 0 Å². The van der Waals surface area contributed by atoms with Crippen LogP contribution in [0.3, 0.4) is 0 Å². The molecule has 0 aliphatic rings. The molecule has 56 valence electrons. The van der Waals surface area contributed by atoms with Crippen molar-refractivity contribution in [2.24, 2.45) is 5.41 Å². The van der Waals surface area contributed by atoms with Crippen molar-refractivity contribution in [3.63, 3.8) is 0 Å². The third kappa shape index (κ3) is 8.07. The van der Waals surface area contributed by atoms with Crippen LogP contribution in [0.4, 0.5) is 0 Å². The lowest BCUT2D eigenvalue weighted by molar-refractivity contribution is 0.197. The molecule has 0 aromatic heterocycles. The van der Waals surface area contributed by atoms with Gasteiger partial charge in [-0.3, -0.25) is 0 Å². The predicted molar refractivity (Wildman–Crippen MR) is 34.3 cm³/mol. The molecule has 0 bridgehead atoms. The smallest absolute Gasteiger partial charge is 0.0842 e. The maximum atomic E-state index is 9.82. The van der Waals surface area contributed by atoms with Crippen LogP contribution >= 0.6 is 0 Å². The standard InChI is InChI=1S/C5H12O3S/c1-5(2,3)4-8-9(6)7/h4H2,1-3H3,(H,6,7)/p-1. The molecular formula is C5H11O3S-. The molecular weight excluding hydrogens is 140 g/mol. The fourth-order valence-electron chi connectivity index (χ4n) is 0.225. The van der Waals surface area contributed by atoms with Crippen LogP contribution in [-0.4, -0.2) is 15.4 Å². The topological polar surface area (TPSA) is 49.4 Å². The highest BCUT2D eigenvalue weighted by Gasteiger charge is 2.09. The average Bonchev–Trinajstić information content (AvgIpc) is 1.59. The second-order valence-corrected chi connectivity index (χ2v) is 3.67. The Morgan fingerprint density at radius 1 is 1.56 bits per heavy atom.